The number of benzene rings is 1. The van der Waals surface area contributed by atoms with E-state index >= 15 is 0 Å². The second-order valence-corrected chi connectivity index (χ2v) is 4.81. The van der Waals surface area contributed by atoms with E-state index in [9.17, 15) is 8.78 Å². The van der Waals surface area contributed by atoms with Gasteiger partial charge in [-0.05, 0) is 43.7 Å². The molecule has 1 aromatic carbocycles. The van der Waals surface area contributed by atoms with E-state index in [2.05, 4.69) is 4.98 Å². The number of nitrogens with zero attached hydrogens (tertiary/aromatic N) is 2. The van der Waals surface area contributed by atoms with Crippen LogP contribution in [0.3, 0.4) is 0 Å². The third kappa shape index (κ3) is 1.74. The van der Waals surface area contributed by atoms with Crippen LogP contribution in [0.25, 0.3) is 16.9 Å². The monoisotopic (exact) mass is 273 g/mol. The van der Waals surface area contributed by atoms with Gasteiger partial charge >= 0.3 is 0 Å². The van der Waals surface area contributed by atoms with Crippen LogP contribution in [0.5, 0.6) is 0 Å². The molecule has 0 saturated carbocycles. The fourth-order valence-corrected chi connectivity index (χ4v) is 2.47. The van der Waals surface area contributed by atoms with E-state index in [1.54, 1.807) is 4.40 Å². The molecule has 0 fully saturated rings. The highest BCUT2D eigenvalue weighted by Gasteiger charge is 2.19. The fraction of sp³-hybridized carbons (Fsp3) is 0.133. The first-order chi connectivity index (χ1) is 9.49. The summed E-state index contributed by atoms with van der Waals surface area (Å²) in [4.78, 5) is 4.28. The van der Waals surface area contributed by atoms with E-state index in [0.717, 1.165) is 11.3 Å². The summed E-state index contributed by atoms with van der Waals surface area (Å²) in [5.74, 6) is -1.11. The Morgan fingerprint density at radius 1 is 1.10 bits per heavy atom. The largest absolute Gasteiger partial charge is 0.383 e. The predicted octanol–water partition coefficient (Wildman–Crippen LogP) is 3.48. The summed E-state index contributed by atoms with van der Waals surface area (Å²) in [6.07, 6.45) is 0. The molecule has 0 atom stereocenters. The van der Waals surface area contributed by atoms with Gasteiger partial charge in [0.05, 0.1) is 5.56 Å². The Morgan fingerprint density at radius 3 is 2.40 bits per heavy atom. The summed E-state index contributed by atoms with van der Waals surface area (Å²) in [5, 5.41) is 0. The normalized spacial score (nSPS) is 11.2. The number of imidazole rings is 1. The van der Waals surface area contributed by atoms with Gasteiger partial charge in [0.25, 0.3) is 0 Å². The molecule has 0 aliphatic carbocycles. The minimum absolute atomic E-state index is 0.134. The summed E-state index contributed by atoms with van der Waals surface area (Å²) < 4.78 is 29.4. The van der Waals surface area contributed by atoms with E-state index in [4.69, 9.17) is 5.73 Å². The molecular weight excluding hydrogens is 260 g/mol. The van der Waals surface area contributed by atoms with Crippen molar-refractivity contribution in [3.8, 4) is 11.3 Å². The third-order valence-electron chi connectivity index (χ3n) is 3.28. The van der Waals surface area contributed by atoms with Crippen LogP contribution in [0.1, 0.15) is 11.3 Å². The molecular formula is C15H13F2N3. The van der Waals surface area contributed by atoms with Crippen molar-refractivity contribution < 1.29 is 8.78 Å². The summed E-state index contributed by atoms with van der Waals surface area (Å²) in [6, 6.07) is 7.47. The molecule has 0 saturated heterocycles. The molecule has 2 aromatic heterocycles. The van der Waals surface area contributed by atoms with Gasteiger partial charge in [0, 0.05) is 5.69 Å². The lowest BCUT2D eigenvalue weighted by Crippen LogP contribution is -1.99. The lowest BCUT2D eigenvalue weighted by atomic mass is 10.1. The first kappa shape index (κ1) is 12.6. The van der Waals surface area contributed by atoms with Crippen LogP contribution < -0.4 is 5.73 Å². The van der Waals surface area contributed by atoms with Gasteiger partial charge < -0.3 is 5.73 Å². The van der Waals surface area contributed by atoms with Crippen molar-refractivity contribution >= 4 is 11.5 Å². The van der Waals surface area contributed by atoms with Crippen molar-refractivity contribution in [2.24, 2.45) is 0 Å². The van der Waals surface area contributed by atoms with Crippen molar-refractivity contribution in [2.75, 3.05) is 5.73 Å². The highest BCUT2D eigenvalue weighted by molar-refractivity contribution is 5.76. The predicted molar refractivity (Wildman–Crippen MR) is 74.4 cm³/mol. The van der Waals surface area contributed by atoms with Gasteiger partial charge in [0.1, 0.15) is 28.8 Å². The van der Waals surface area contributed by atoms with E-state index in [1.165, 1.54) is 18.2 Å². The third-order valence-corrected chi connectivity index (χ3v) is 3.28. The number of pyridine rings is 1. The number of aryl methyl sites for hydroxylation is 2. The number of rotatable bonds is 1. The molecule has 0 aliphatic heterocycles. The maximum absolute atomic E-state index is 13.9. The summed E-state index contributed by atoms with van der Waals surface area (Å²) in [5.41, 5.74) is 8.44. The molecule has 0 aliphatic rings. The molecule has 2 N–H and O–H groups in total. The quantitative estimate of drug-likeness (QED) is 0.737. The Bertz CT molecular complexity index is 801. The van der Waals surface area contributed by atoms with Gasteiger partial charge in [-0.25, -0.2) is 13.8 Å². The Kier molecular flexibility index (Phi) is 2.71. The Balaban J connectivity index is 2.39. The van der Waals surface area contributed by atoms with Crippen LogP contribution in [-0.4, -0.2) is 9.38 Å². The van der Waals surface area contributed by atoms with Crippen LogP contribution in [0.15, 0.2) is 30.3 Å². The van der Waals surface area contributed by atoms with Crippen LogP contribution in [0.2, 0.25) is 0 Å². The lowest BCUT2D eigenvalue weighted by Gasteiger charge is -2.05. The molecule has 0 amide bonds. The molecule has 3 nitrogen and oxygen atoms in total. The van der Waals surface area contributed by atoms with Crippen LogP contribution in [0.4, 0.5) is 14.6 Å². The highest BCUT2D eigenvalue weighted by atomic mass is 19.1. The molecule has 102 valence electrons. The summed E-state index contributed by atoms with van der Waals surface area (Å²) in [7, 11) is 0. The second-order valence-electron chi connectivity index (χ2n) is 4.81. The number of nitrogens with two attached hydrogens (primary N) is 1. The average Bonchev–Trinajstić information content (AvgIpc) is 2.66. The summed E-state index contributed by atoms with van der Waals surface area (Å²) >= 11 is 0. The molecule has 0 bridgehead atoms. The Morgan fingerprint density at radius 2 is 1.75 bits per heavy atom. The number of aromatic nitrogens is 2. The van der Waals surface area contributed by atoms with Crippen LogP contribution >= 0.6 is 0 Å². The maximum atomic E-state index is 13.9. The molecule has 0 unspecified atom stereocenters. The van der Waals surface area contributed by atoms with Gasteiger partial charge in [-0.2, -0.15) is 0 Å². The van der Waals surface area contributed by atoms with Gasteiger partial charge in [-0.3, -0.25) is 4.40 Å². The number of fused-ring (bicyclic) bond motifs is 1. The van der Waals surface area contributed by atoms with E-state index in [0.29, 0.717) is 5.65 Å². The van der Waals surface area contributed by atoms with Crippen molar-refractivity contribution in [1.82, 2.24) is 9.38 Å². The van der Waals surface area contributed by atoms with Gasteiger partial charge in [-0.15, -0.1) is 0 Å². The van der Waals surface area contributed by atoms with Crippen molar-refractivity contribution in [3.63, 3.8) is 0 Å². The van der Waals surface area contributed by atoms with Gasteiger partial charge in [0.2, 0.25) is 0 Å². The number of halogens is 2. The zero-order chi connectivity index (χ0) is 14.4. The smallest absolute Gasteiger partial charge is 0.139 e. The molecule has 5 heteroatoms. The molecule has 0 radical (unpaired) electrons. The standard InChI is InChI=1S/C15H13F2N3/c1-8-6-9(2)20-12(7-8)19-14(15(20)18)13-10(16)4-3-5-11(13)17/h3-7H,18H2,1-2H3. The first-order valence-corrected chi connectivity index (χ1v) is 6.18. The maximum Gasteiger partial charge on any atom is 0.139 e. The summed E-state index contributed by atoms with van der Waals surface area (Å²) in [6.45, 7) is 3.81. The minimum Gasteiger partial charge on any atom is -0.383 e. The zero-order valence-corrected chi connectivity index (χ0v) is 11.1. The lowest BCUT2D eigenvalue weighted by molar-refractivity contribution is 0.589. The van der Waals surface area contributed by atoms with E-state index < -0.39 is 11.6 Å². The van der Waals surface area contributed by atoms with Crippen LogP contribution in [-0.2, 0) is 0 Å². The van der Waals surface area contributed by atoms with E-state index in [1.807, 2.05) is 26.0 Å². The molecule has 20 heavy (non-hydrogen) atoms. The first-order valence-electron chi connectivity index (χ1n) is 6.18. The number of hydrogen-bond donors (Lipinski definition) is 1. The highest BCUT2D eigenvalue weighted by Crippen LogP contribution is 2.31. The molecule has 3 aromatic rings. The van der Waals surface area contributed by atoms with Crippen molar-refractivity contribution in [1.29, 1.82) is 0 Å². The van der Waals surface area contributed by atoms with E-state index in [-0.39, 0.29) is 17.1 Å². The van der Waals surface area contributed by atoms with Crippen molar-refractivity contribution in [3.05, 3.63) is 53.2 Å². The average molecular weight is 273 g/mol. The minimum atomic E-state index is -0.672. The second kappa shape index (κ2) is 4.30. The van der Waals surface area contributed by atoms with Gasteiger partial charge in [-0.1, -0.05) is 6.07 Å². The number of nitrogen functional groups attached to an aromatic ring is 1. The number of anilines is 1. The van der Waals surface area contributed by atoms with Crippen molar-refractivity contribution in [2.45, 2.75) is 13.8 Å². The Hall–Kier alpha value is -2.43. The molecule has 2 heterocycles. The molecule has 0 spiro atoms. The Labute approximate surface area is 114 Å². The fourth-order valence-electron chi connectivity index (χ4n) is 2.47. The van der Waals surface area contributed by atoms with Crippen LogP contribution in [0, 0.1) is 25.5 Å². The zero-order valence-electron chi connectivity index (χ0n) is 11.1. The topological polar surface area (TPSA) is 43.3 Å². The SMILES string of the molecule is Cc1cc(C)n2c(N)c(-c3c(F)cccc3F)nc2c1. The van der Waals surface area contributed by atoms with Gasteiger partial charge in [0.15, 0.2) is 0 Å². The number of hydrogen-bond acceptors (Lipinski definition) is 2. The molecule has 3 rings (SSSR count).